The largest absolute Gasteiger partial charge is 0.384 e. The van der Waals surface area contributed by atoms with E-state index in [1.165, 1.54) is 0 Å². The van der Waals surface area contributed by atoms with Crippen LogP contribution in [0.3, 0.4) is 0 Å². The molecule has 120 valence electrons. The summed E-state index contributed by atoms with van der Waals surface area (Å²) in [6.45, 7) is 4.53. The van der Waals surface area contributed by atoms with Crippen LogP contribution in [-0.4, -0.2) is 38.6 Å². The van der Waals surface area contributed by atoms with Crippen LogP contribution in [-0.2, 0) is 17.2 Å². The SMILES string of the molecule is COCC(C)(C)c1noc(-c2cccnc2-c2cnn(C)c2)n1. The molecule has 0 unspecified atom stereocenters. The number of hydrogen-bond donors (Lipinski definition) is 0. The number of aromatic nitrogens is 5. The minimum atomic E-state index is -0.326. The maximum Gasteiger partial charge on any atom is 0.260 e. The lowest BCUT2D eigenvalue weighted by molar-refractivity contribution is 0.141. The molecule has 3 aromatic rings. The lowest BCUT2D eigenvalue weighted by atomic mass is 9.94. The topological polar surface area (TPSA) is 78.9 Å². The lowest BCUT2D eigenvalue weighted by Crippen LogP contribution is -2.25. The molecule has 0 aliphatic rings. The third kappa shape index (κ3) is 3.00. The number of methoxy groups -OCH3 is 1. The molecule has 0 spiro atoms. The Balaban J connectivity index is 2.02. The van der Waals surface area contributed by atoms with Crippen LogP contribution < -0.4 is 0 Å². The molecule has 0 amide bonds. The van der Waals surface area contributed by atoms with Gasteiger partial charge in [0.25, 0.3) is 5.89 Å². The molecular weight excluding hydrogens is 294 g/mol. The smallest absolute Gasteiger partial charge is 0.260 e. The van der Waals surface area contributed by atoms with Gasteiger partial charge in [-0.15, -0.1) is 0 Å². The summed E-state index contributed by atoms with van der Waals surface area (Å²) in [6, 6.07) is 3.76. The van der Waals surface area contributed by atoms with Crippen LogP contribution in [0.25, 0.3) is 22.7 Å². The first-order valence-corrected chi connectivity index (χ1v) is 7.29. The van der Waals surface area contributed by atoms with Gasteiger partial charge in [-0.05, 0) is 12.1 Å². The van der Waals surface area contributed by atoms with Gasteiger partial charge in [0.05, 0.1) is 29.5 Å². The van der Waals surface area contributed by atoms with Gasteiger partial charge in [0.15, 0.2) is 5.82 Å². The Bertz CT molecular complexity index is 806. The van der Waals surface area contributed by atoms with E-state index >= 15 is 0 Å². The molecule has 0 fully saturated rings. The molecule has 0 aliphatic carbocycles. The number of hydrogen-bond acceptors (Lipinski definition) is 6. The Morgan fingerprint density at radius 3 is 2.87 bits per heavy atom. The van der Waals surface area contributed by atoms with Gasteiger partial charge < -0.3 is 9.26 Å². The van der Waals surface area contributed by atoms with E-state index in [-0.39, 0.29) is 5.41 Å². The highest BCUT2D eigenvalue weighted by molar-refractivity contribution is 5.75. The molecule has 0 saturated heterocycles. The number of ether oxygens (including phenoxy) is 1. The zero-order chi connectivity index (χ0) is 16.4. The lowest BCUT2D eigenvalue weighted by Gasteiger charge is -2.18. The highest BCUT2D eigenvalue weighted by atomic mass is 16.5. The number of pyridine rings is 1. The van der Waals surface area contributed by atoms with E-state index in [4.69, 9.17) is 9.26 Å². The maximum absolute atomic E-state index is 5.47. The molecule has 3 heterocycles. The fraction of sp³-hybridized carbons (Fsp3) is 0.375. The van der Waals surface area contributed by atoms with Crippen molar-refractivity contribution in [1.82, 2.24) is 24.9 Å². The minimum absolute atomic E-state index is 0.326. The minimum Gasteiger partial charge on any atom is -0.384 e. The van der Waals surface area contributed by atoms with Crippen molar-refractivity contribution >= 4 is 0 Å². The van der Waals surface area contributed by atoms with Crippen molar-refractivity contribution in [2.75, 3.05) is 13.7 Å². The summed E-state index contributed by atoms with van der Waals surface area (Å²) in [5.74, 6) is 1.05. The molecule has 0 bridgehead atoms. The van der Waals surface area contributed by atoms with E-state index in [1.807, 2.05) is 39.2 Å². The third-order valence-corrected chi connectivity index (χ3v) is 3.55. The molecule has 3 aromatic heterocycles. The predicted molar refractivity (Wildman–Crippen MR) is 84.6 cm³/mol. The van der Waals surface area contributed by atoms with Gasteiger partial charge in [0.2, 0.25) is 0 Å². The van der Waals surface area contributed by atoms with E-state index in [9.17, 15) is 0 Å². The quantitative estimate of drug-likeness (QED) is 0.720. The van der Waals surface area contributed by atoms with Crippen molar-refractivity contribution in [3.8, 4) is 22.7 Å². The number of nitrogens with zero attached hydrogens (tertiary/aromatic N) is 5. The Hall–Kier alpha value is -2.54. The molecule has 0 aliphatic heterocycles. The van der Waals surface area contributed by atoms with Crippen LogP contribution >= 0.6 is 0 Å². The van der Waals surface area contributed by atoms with E-state index < -0.39 is 0 Å². The van der Waals surface area contributed by atoms with Crippen molar-refractivity contribution in [2.45, 2.75) is 19.3 Å². The average molecular weight is 313 g/mol. The van der Waals surface area contributed by atoms with Crippen LogP contribution in [0.5, 0.6) is 0 Å². The summed E-state index contributed by atoms with van der Waals surface area (Å²) in [6.07, 6.45) is 5.40. The zero-order valence-corrected chi connectivity index (χ0v) is 13.6. The van der Waals surface area contributed by atoms with Crippen molar-refractivity contribution in [2.24, 2.45) is 7.05 Å². The Morgan fingerprint density at radius 1 is 1.35 bits per heavy atom. The molecule has 0 N–H and O–H groups in total. The second-order valence-electron chi connectivity index (χ2n) is 6.04. The van der Waals surface area contributed by atoms with Crippen LogP contribution in [0, 0.1) is 0 Å². The average Bonchev–Trinajstić information content (AvgIpc) is 3.16. The molecule has 3 rings (SSSR count). The van der Waals surface area contributed by atoms with E-state index in [0.717, 1.165) is 16.8 Å². The monoisotopic (exact) mass is 313 g/mol. The molecule has 0 aromatic carbocycles. The van der Waals surface area contributed by atoms with Crippen LogP contribution in [0.2, 0.25) is 0 Å². The van der Waals surface area contributed by atoms with Gasteiger partial charge in [-0.3, -0.25) is 9.67 Å². The third-order valence-electron chi connectivity index (χ3n) is 3.55. The van der Waals surface area contributed by atoms with Crippen LogP contribution in [0.15, 0.2) is 35.2 Å². The molecular formula is C16H19N5O2. The fourth-order valence-corrected chi connectivity index (χ4v) is 2.38. The molecule has 7 nitrogen and oxygen atoms in total. The second kappa shape index (κ2) is 5.92. The maximum atomic E-state index is 5.47. The normalized spacial score (nSPS) is 11.8. The van der Waals surface area contributed by atoms with Gasteiger partial charge in [-0.1, -0.05) is 19.0 Å². The standard InChI is InChI=1S/C16H19N5O2/c1-16(2,10-22-4)15-19-14(23-20-15)12-6-5-7-17-13(12)11-8-18-21(3)9-11/h5-9H,10H2,1-4H3. The van der Waals surface area contributed by atoms with Crippen molar-refractivity contribution in [3.63, 3.8) is 0 Å². The molecule has 7 heteroatoms. The Kier molecular flexibility index (Phi) is 3.96. The first-order valence-electron chi connectivity index (χ1n) is 7.29. The Morgan fingerprint density at radius 2 is 2.17 bits per heavy atom. The van der Waals surface area contributed by atoms with Crippen LogP contribution in [0.1, 0.15) is 19.7 Å². The second-order valence-corrected chi connectivity index (χ2v) is 6.04. The summed E-state index contributed by atoms with van der Waals surface area (Å²) in [5.41, 5.74) is 2.12. The van der Waals surface area contributed by atoms with Crippen molar-refractivity contribution in [1.29, 1.82) is 0 Å². The molecule has 0 atom stereocenters. The summed E-state index contributed by atoms with van der Waals surface area (Å²) in [7, 11) is 3.52. The summed E-state index contributed by atoms with van der Waals surface area (Å²) < 4.78 is 12.4. The fourth-order valence-electron chi connectivity index (χ4n) is 2.38. The summed E-state index contributed by atoms with van der Waals surface area (Å²) in [5, 5.41) is 8.30. The highest BCUT2D eigenvalue weighted by Gasteiger charge is 2.28. The van der Waals surface area contributed by atoms with Crippen LogP contribution in [0.4, 0.5) is 0 Å². The summed E-state index contributed by atoms with van der Waals surface area (Å²) >= 11 is 0. The van der Waals surface area contributed by atoms with E-state index in [1.54, 1.807) is 24.2 Å². The first-order chi connectivity index (χ1) is 11.0. The van der Waals surface area contributed by atoms with Gasteiger partial charge in [0, 0.05) is 32.1 Å². The Labute approximate surface area is 134 Å². The first kappa shape index (κ1) is 15.4. The van der Waals surface area contributed by atoms with Crippen molar-refractivity contribution in [3.05, 3.63) is 36.5 Å². The predicted octanol–water partition coefficient (Wildman–Crippen LogP) is 2.46. The number of rotatable bonds is 5. The zero-order valence-electron chi connectivity index (χ0n) is 13.6. The van der Waals surface area contributed by atoms with Gasteiger partial charge in [0.1, 0.15) is 0 Å². The van der Waals surface area contributed by atoms with Crippen molar-refractivity contribution < 1.29 is 9.26 Å². The van der Waals surface area contributed by atoms with E-state index in [0.29, 0.717) is 18.3 Å². The van der Waals surface area contributed by atoms with Gasteiger partial charge in [-0.2, -0.15) is 10.1 Å². The molecule has 0 saturated carbocycles. The summed E-state index contributed by atoms with van der Waals surface area (Å²) in [4.78, 5) is 8.98. The molecule has 0 radical (unpaired) electrons. The highest BCUT2D eigenvalue weighted by Crippen LogP contribution is 2.30. The van der Waals surface area contributed by atoms with Gasteiger partial charge in [-0.25, -0.2) is 0 Å². The number of aryl methyl sites for hydroxylation is 1. The van der Waals surface area contributed by atoms with E-state index in [2.05, 4.69) is 20.2 Å². The van der Waals surface area contributed by atoms with Gasteiger partial charge >= 0.3 is 0 Å². The molecule has 23 heavy (non-hydrogen) atoms.